The van der Waals surface area contributed by atoms with Crippen LogP contribution in [0.3, 0.4) is 0 Å². The van der Waals surface area contributed by atoms with Crippen molar-refractivity contribution in [3.8, 4) is 23.0 Å². The predicted molar refractivity (Wildman–Crippen MR) is 148 cm³/mol. The number of hydrogen-bond donors (Lipinski definition) is 0. The van der Waals surface area contributed by atoms with E-state index in [2.05, 4.69) is 6.58 Å². The van der Waals surface area contributed by atoms with Crippen molar-refractivity contribution in [3.05, 3.63) is 96.1 Å². The number of hydrogen-bond acceptors (Lipinski definition) is 11. The lowest BCUT2D eigenvalue weighted by Crippen LogP contribution is -2.13. The Morgan fingerprint density at radius 1 is 0.667 bits per heavy atom. The van der Waals surface area contributed by atoms with E-state index in [0.717, 1.165) is 6.08 Å². The minimum Gasteiger partial charge on any atom is -0.463 e. The van der Waals surface area contributed by atoms with E-state index in [1.165, 1.54) is 67.6 Å². The van der Waals surface area contributed by atoms with Crippen molar-refractivity contribution in [1.29, 1.82) is 0 Å². The van der Waals surface area contributed by atoms with Gasteiger partial charge in [-0.3, -0.25) is 4.79 Å². The predicted octanol–water partition coefficient (Wildman–Crippen LogP) is 5.38. The van der Waals surface area contributed by atoms with Crippen LogP contribution >= 0.6 is 0 Å². The van der Waals surface area contributed by atoms with E-state index in [0.29, 0.717) is 24.2 Å². The number of unbranched alkanes of at least 4 members (excludes halogenated alkanes) is 1. The molecular weight excluding hydrogens is 548 g/mol. The third-order valence-corrected chi connectivity index (χ3v) is 5.37. The zero-order valence-electron chi connectivity index (χ0n) is 23.0. The first-order valence-electron chi connectivity index (χ1n) is 12.7. The van der Waals surface area contributed by atoms with Gasteiger partial charge in [0, 0.05) is 13.0 Å². The number of benzene rings is 3. The van der Waals surface area contributed by atoms with Gasteiger partial charge in [0.2, 0.25) is 0 Å². The van der Waals surface area contributed by atoms with Crippen LogP contribution in [0.2, 0.25) is 0 Å². The highest BCUT2D eigenvalue weighted by atomic mass is 16.7. The zero-order valence-corrected chi connectivity index (χ0v) is 23.0. The molecule has 0 aliphatic heterocycles. The molecule has 0 bridgehead atoms. The quantitative estimate of drug-likeness (QED) is 0.0901. The summed E-state index contributed by atoms with van der Waals surface area (Å²) in [6.07, 6.45) is 1.13. The van der Waals surface area contributed by atoms with Crippen molar-refractivity contribution in [1.82, 2.24) is 0 Å². The summed E-state index contributed by atoms with van der Waals surface area (Å²) in [4.78, 5) is 58.9. The maximum Gasteiger partial charge on any atom is 0.513 e. The van der Waals surface area contributed by atoms with Crippen LogP contribution in [0.1, 0.15) is 46.0 Å². The summed E-state index contributed by atoms with van der Waals surface area (Å²) in [5.41, 5.74) is 1.04. The Hall–Kier alpha value is -5.45. The van der Waals surface area contributed by atoms with Gasteiger partial charge in [-0.2, -0.15) is 0 Å². The first kappa shape index (κ1) is 31.1. The van der Waals surface area contributed by atoms with E-state index in [4.69, 9.17) is 28.4 Å². The van der Waals surface area contributed by atoms with Crippen molar-refractivity contribution in [2.24, 2.45) is 0 Å². The SMILES string of the molecule is C=CC(=O)OCCCCOC(=O)Oc1ccc(C(=O)Oc2ccc(C(=O)Oc3ccc(OC(C)=O)c(C)c3)cc2)cc1. The van der Waals surface area contributed by atoms with Crippen LogP contribution in [0.15, 0.2) is 79.4 Å². The summed E-state index contributed by atoms with van der Waals surface area (Å²) in [6, 6.07) is 16.0. The van der Waals surface area contributed by atoms with E-state index in [1.54, 1.807) is 13.0 Å². The van der Waals surface area contributed by atoms with Crippen molar-refractivity contribution in [2.75, 3.05) is 13.2 Å². The fourth-order valence-corrected chi connectivity index (χ4v) is 3.32. The number of esters is 4. The lowest BCUT2D eigenvalue weighted by atomic mass is 10.2. The summed E-state index contributed by atoms with van der Waals surface area (Å²) in [5.74, 6) is -1.27. The molecule has 0 aromatic heterocycles. The van der Waals surface area contributed by atoms with Crippen LogP contribution < -0.4 is 18.9 Å². The van der Waals surface area contributed by atoms with Gasteiger partial charge in [-0.05, 0) is 92.1 Å². The summed E-state index contributed by atoms with van der Waals surface area (Å²) < 4.78 is 30.6. The maximum atomic E-state index is 12.5. The smallest absolute Gasteiger partial charge is 0.463 e. The molecule has 3 aromatic rings. The summed E-state index contributed by atoms with van der Waals surface area (Å²) in [6.45, 7) is 6.57. The van der Waals surface area contributed by atoms with Gasteiger partial charge in [0.1, 0.15) is 23.0 Å². The highest BCUT2D eigenvalue weighted by Gasteiger charge is 2.14. The monoisotopic (exact) mass is 576 g/mol. The minimum atomic E-state index is -0.916. The van der Waals surface area contributed by atoms with Crippen LogP contribution in [-0.2, 0) is 19.1 Å². The van der Waals surface area contributed by atoms with Gasteiger partial charge in [-0.15, -0.1) is 0 Å². The molecule has 3 rings (SSSR count). The molecular formula is C31H28O11. The second kappa shape index (κ2) is 15.4. The molecule has 0 radical (unpaired) electrons. The van der Waals surface area contributed by atoms with Gasteiger partial charge < -0.3 is 28.4 Å². The number of carbonyl (C=O) groups is 5. The molecule has 0 fully saturated rings. The molecule has 0 aliphatic rings. The standard InChI is InChI=1S/C31H28O11/c1-4-28(33)37-17-5-6-18-38-31(36)42-25-13-9-22(10-14-25)29(34)40-24-11-7-23(8-12-24)30(35)41-26-15-16-27(20(2)19-26)39-21(3)32/h4,7-16,19H,1,5-6,17-18H2,2-3H3. The van der Waals surface area contributed by atoms with Gasteiger partial charge in [0.05, 0.1) is 24.3 Å². The zero-order chi connectivity index (χ0) is 30.5. The molecule has 0 amide bonds. The molecule has 0 atom stereocenters. The molecule has 0 N–H and O–H groups in total. The Labute approximate surface area is 241 Å². The van der Waals surface area contributed by atoms with E-state index < -0.39 is 30.0 Å². The number of carbonyl (C=O) groups excluding carboxylic acids is 5. The van der Waals surface area contributed by atoms with E-state index in [9.17, 15) is 24.0 Å². The van der Waals surface area contributed by atoms with Crippen LogP contribution in [0.5, 0.6) is 23.0 Å². The topological polar surface area (TPSA) is 141 Å². The Kier molecular flexibility index (Phi) is 11.4. The van der Waals surface area contributed by atoms with Gasteiger partial charge in [0.25, 0.3) is 0 Å². The molecule has 218 valence electrons. The first-order chi connectivity index (χ1) is 20.1. The van der Waals surface area contributed by atoms with Crippen molar-refractivity contribution < 1.29 is 52.4 Å². The average molecular weight is 577 g/mol. The fraction of sp³-hybridized carbons (Fsp3) is 0.194. The lowest BCUT2D eigenvalue weighted by molar-refractivity contribution is -0.138. The molecule has 0 spiro atoms. The van der Waals surface area contributed by atoms with Gasteiger partial charge in [0.15, 0.2) is 0 Å². The molecule has 0 aliphatic carbocycles. The van der Waals surface area contributed by atoms with Crippen molar-refractivity contribution >= 4 is 30.0 Å². The van der Waals surface area contributed by atoms with E-state index >= 15 is 0 Å². The second-order valence-electron chi connectivity index (χ2n) is 8.63. The van der Waals surface area contributed by atoms with Crippen molar-refractivity contribution in [2.45, 2.75) is 26.7 Å². The molecule has 11 nitrogen and oxygen atoms in total. The largest absolute Gasteiger partial charge is 0.513 e. The summed E-state index contributed by atoms with van der Waals surface area (Å²) in [7, 11) is 0. The highest BCUT2D eigenvalue weighted by molar-refractivity contribution is 5.93. The Morgan fingerprint density at radius 2 is 1.17 bits per heavy atom. The molecule has 0 heterocycles. The fourth-order valence-electron chi connectivity index (χ4n) is 3.32. The third kappa shape index (κ3) is 9.94. The lowest BCUT2D eigenvalue weighted by Gasteiger charge is -2.09. The summed E-state index contributed by atoms with van der Waals surface area (Å²) >= 11 is 0. The third-order valence-electron chi connectivity index (χ3n) is 5.37. The molecule has 0 unspecified atom stereocenters. The van der Waals surface area contributed by atoms with Gasteiger partial charge in [-0.25, -0.2) is 19.2 Å². The molecule has 0 saturated heterocycles. The first-order valence-corrected chi connectivity index (χ1v) is 12.7. The summed E-state index contributed by atoms with van der Waals surface area (Å²) in [5, 5.41) is 0. The molecule has 11 heteroatoms. The highest BCUT2D eigenvalue weighted by Crippen LogP contribution is 2.25. The van der Waals surface area contributed by atoms with Crippen LogP contribution in [0.25, 0.3) is 0 Å². The van der Waals surface area contributed by atoms with E-state index in [-0.39, 0.29) is 41.6 Å². The number of aryl methyl sites for hydroxylation is 1. The molecule has 3 aromatic carbocycles. The molecule has 0 saturated carbocycles. The van der Waals surface area contributed by atoms with Crippen LogP contribution in [-0.4, -0.2) is 43.2 Å². The average Bonchev–Trinajstić information content (AvgIpc) is 2.96. The Bertz CT molecular complexity index is 1440. The number of rotatable bonds is 12. The second-order valence-corrected chi connectivity index (χ2v) is 8.63. The van der Waals surface area contributed by atoms with Crippen molar-refractivity contribution in [3.63, 3.8) is 0 Å². The maximum absolute atomic E-state index is 12.5. The van der Waals surface area contributed by atoms with Gasteiger partial charge in [-0.1, -0.05) is 6.58 Å². The Morgan fingerprint density at radius 3 is 1.69 bits per heavy atom. The number of ether oxygens (including phenoxy) is 6. The van der Waals surface area contributed by atoms with Crippen LogP contribution in [0.4, 0.5) is 4.79 Å². The van der Waals surface area contributed by atoms with E-state index in [1.807, 2.05) is 0 Å². The van der Waals surface area contributed by atoms with Crippen LogP contribution in [0, 0.1) is 6.92 Å². The molecule has 42 heavy (non-hydrogen) atoms. The van der Waals surface area contributed by atoms with Gasteiger partial charge >= 0.3 is 30.0 Å². The minimum absolute atomic E-state index is 0.0792. The normalized spacial score (nSPS) is 10.1. The Balaban J connectivity index is 1.44.